The smallest absolute Gasteiger partial charge is 0.336 e. The van der Waals surface area contributed by atoms with E-state index in [0.29, 0.717) is 11.3 Å². The largest absolute Gasteiger partial charge is 0.507 e. The van der Waals surface area contributed by atoms with Crippen molar-refractivity contribution < 1.29 is 19.2 Å². The molecular weight excluding hydrogens is 653 g/mol. The summed E-state index contributed by atoms with van der Waals surface area (Å²) in [6.45, 7) is 19.6. The van der Waals surface area contributed by atoms with E-state index in [0.717, 1.165) is 47.8 Å². The highest BCUT2D eigenvalue weighted by Crippen LogP contribution is 2.48. The maximum atomic E-state index is 13.6. The van der Waals surface area contributed by atoms with E-state index in [2.05, 4.69) is 126 Å². The molecular formula is C48H51N2O3+. The number of ether oxygens (including phenoxy) is 1. The van der Waals surface area contributed by atoms with Crippen molar-refractivity contribution in [2.24, 2.45) is 0 Å². The summed E-state index contributed by atoms with van der Waals surface area (Å²) in [5.74, 6) is 0.243. The van der Waals surface area contributed by atoms with Gasteiger partial charge in [0.1, 0.15) is 18.1 Å². The third-order valence-electron chi connectivity index (χ3n) is 11.4. The fourth-order valence-corrected chi connectivity index (χ4v) is 8.44. The van der Waals surface area contributed by atoms with Crippen molar-refractivity contribution in [2.45, 2.75) is 79.1 Å². The zero-order chi connectivity index (χ0) is 37.7. The van der Waals surface area contributed by atoms with Crippen LogP contribution in [-0.2, 0) is 20.4 Å². The summed E-state index contributed by atoms with van der Waals surface area (Å²) in [7, 11) is 0. The van der Waals surface area contributed by atoms with Gasteiger partial charge in [0, 0.05) is 52.7 Å². The van der Waals surface area contributed by atoms with Gasteiger partial charge >= 0.3 is 5.97 Å². The second kappa shape index (κ2) is 13.9. The molecule has 0 saturated heterocycles. The average molecular weight is 704 g/mol. The van der Waals surface area contributed by atoms with Crippen LogP contribution in [0.15, 0.2) is 126 Å². The van der Waals surface area contributed by atoms with Crippen LogP contribution in [0.25, 0.3) is 16.8 Å². The highest BCUT2D eigenvalue weighted by Gasteiger charge is 2.44. The van der Waals surface area contributed by atoms with Crippen LogP contribution in [0.5, 0.6) is 5.75 Å². The summed E-state index contributed by atoms with van der Waals surface area (Å²) >= 11 is 0. The van der Waals surface area contributed by atoms with Crippen molar-refractivity contribution in [2.75, 3.05) is 18.0 Å². The molecule has 0 bridgehead atoms. The van der Waals surface area contributed by atoms with Gasteiger partial charge in [0.05, 0.1) is 5.41 Å². The van der Waals surface area contributed by atoms with Gasteiger partial charge in [-0.2, -0.15) is 4.58 Å². The van der Waals surface area contributed by atoms with Crippen molar-refractivity contribution >= 4 is 39.9 Å². The number of benzene rings is 4. The zero-order valence-electron chi connectivity index (χ0n) is 32.4. The molecule has 4 aromatic carbocycles. The minimum atomic E-state index is -0.481. The van der Waals surface area contributed by atoms with Crippen molar-refractivity contribution in [1.29, 1.82) is 0 Å². The topological polar surface area (TPSA) is 52.8 Å². The predicted molar refractivity (Wildman–Crippen MR) is 219 cm³/mol. The highest BCUT2D eigenvalue weighted by molar-refractivity contribution is 6.03. The number of likely N-dealkylation sites (N-methyl/N-ethyl adjacent to an activating group) is 1. The second-order valence-corrected chi connectivity index (χ2v) is 15.6. The number of rotatable bonds is 8. The number of hydrogen-bond acceptors (Lipinski definition) is 4. The molecule has 0 aromatic heterocycles. The van der Waals surface area contributed by atoms with Gasteiger partial charge in [-0.15, -0.1) is 0 Å². The summed E-state index contributed by atoms with van der Waals surface area (Å²) < 4.78 is 8.66. The lowest BCUT2D eigenvalue weighted by Crippen LogP contribution is -2.27. The number of nitrogens with zero attached hydrogens (tertiary/aromatic N) is 2. The quantitative estimate of drug-likeness (QED) is 0.113. The molecule has 1 aliphatic carbocycles. The van der Waals surface area contributed by atoms with E-state index < -0.39 is 5.97 Å². The molecule has 4 aromatic rings. The summed E-state index contributed by atoms with van der Waals surface area (Å²) in [5.41, 5.74) is 12.3. The maximum Gasteiger partial charge on any atom is 0.336 e. The summed E-state index contributed by atoms with van der Waals surface area (Å²) in [6, 6.07) is 24.9. The Morgan fingerprint density at radius 2 is 1.53 bits per heavy atom. The van der Waals surface area contributed by atoms with Crippen LogP contribution >= 0.6 is 0 Å². The molecule has 0 fully saturated rings. The van der Waals surface area contributed by atoms with Gasteiger partial charge < -0.3 is 14.7 Å². The van der Waals surface area contributed by atoms with Crippen LogP contribution in [0.3, 0.4) is 0 Å². The SMILES string of the molecule is CCN1/C(=C/C=C2\CCC(/C=C/C3=[N+](CC)c4ccc(C)cc4C3(C)C)=C2OC(=O)/C=C/c2cc3ccccc3cc2O)C(C)(C)c2cc(C)ccc21. The van der Waals surface area contributed by atoms with E-state index in [1.165, 1.54) is 51.1 Å². The molecule has 270 valence electrons. The number of hydrogen-bond donors (Lipinski definition) is 1. The molecule has 0 atom stereocenters. The van der Waals surface area contributed by atoms with Gasteiger partial charge in [-0.3, -0.25) is 0 Å². The first kappa shape index (κ1) is 36.0. The molecule has 0 radical (unpaired) electrons. The van der Waals surface area contributed by atoms with E-state index in [4.69, 9.17) is 4.74 Å². The number of aryl methyl sites for hydroxylation is 2. The molecule has 1 N–H and O–H groups in total. The number of aromatic hydroxyl groups is 1. The molecule has 0 spiro atoms. The van der Waals surface area contributed by atoms with Gasteiger partial charge in [-0.25, -0.2) is 4.79 Å². The van der Waals surface area contributed by atoms with Gasteiger partial charge in [0.15, 0.2) is 5.71 Å². The third-order valence-corrected chi connectivity index (χ3v) is 11.4. The number of esters is 1. The third kappa shape index (κ3) is 6.47. The molecule has 2 aliphatic heterocycles. The van der Waals surface area contributed by atoms with Crippen molar-refractivity contribution in [3.8, 4) is 5.75 Å². The van der Waals surface area contributed by atoms with Gasteiger partial charge in [-0.1, -0.05) is 73.5 Å². The van der Waals surface area contributed by atoms with E-state index in [1.807, 2.05) is 30.3 Å². The Balaban J connectivity index is 1.27. The standard InChI is InChI=1S/C48H50N2O3/c1-9-49-40-22-15-31(3)27-38(40)47(5,6)43(49)24-19-33-17-18-34(20-25-44-48(7,8)39-28-32(4)16-23-41(39)50(44)10-2)46(33)53-45(52)26-21-37-29-35-13-11-12-14-36(35)30-42(37)51/h11-16,19-30H,9-10,17-18H2,1-8H3/p+1. The Morgan fingerprint density at radius 1 is 0.830 bits per heavy atom. The fourth-order valence-electron chi connectivity index (χ4n) is 8.44. The Kier molecular flexibility index (Phi) is 9.40. The van der Waals surface area contributed by atoms with Crippen LogP contribution in [0.1, 0.15) is 82.2 Å². The van der Waals surface area contributed by atoms with Crippen molar-refractivity contribution in [1.82, 2.24) is 0 Å². The molecule has 0 saturated carbocycles. The molecule has 0 amide bonds. The molecule has 2 heterocycles. The minimum absolute atomic E-state index is 0.118. The average Bonchev–Trinajstić information content (AvgIpc) is 3.68. The lowest BCUT2D eigenvalue weighted by Gasteiger charge is -2.26. The van der Waals surface area contributed by atoms with Gasteiger partial charge in [0.2, 0.25) is 5.69 Å². The van der Waals surface area contributed by atoms with Crippen molar-refractivity contribution in [3.05, 3.63) is 154 Å². The maximum absolute atomic E-state index is 13.6. The summed E-state index contributed by atoms with van der Waals surface area (Å²) in [5, 5.41) is 12.6. The summed E-state index contributed by atoms with van der Waals surface area (Å²) in [4.78, 5) is 16.0. The first-order valence-electron chi connectivity index (χ1n) is 18.9. The van der Waals surface area contributed by atoms with E-state index in [1.54, 1.807) is 12.1 Å². The molecule has 5 heteroatoms. The first-order chi connectivity index (χ1) is 25.3. The Hall–Kier alpha value is -5.42. The number of fused-ring (bicyclic) bond motifs is 3. The predicted octanol–water partition coefficient (Wildman–Crippen LogP) is 11.0. The van der Waals surface area contributed by atoms with E-state index in [-0.39, 0.29) is 16.6 Å². The Labute approximate surface area is 314 Å². The number of allylic oxidation sites excluding steroid dienone is 7. The highest BCUT2D eigenvalue weighted by atomic mass is 16.5. The first-order valence-corrected chi connectivity index (χ1v) is 18.9. The van der Waals surface area contributed by atoms with E-state index >= 15 is 0 Å². The lowest BCUT2D eigenvalue weighted by atomic mass is 9.80. The molecule has 3 aliphatic rings. The normalized spacial score (nSPS) is 19.1. The van der Waals surface area contributed by atoms with Gasteiger partial charge in [0.25, 0.3) is 0 Å². The number of phenolic OH excluding ortho intramolecular Hbond substituents is 1. The monoisotopic (exact) mass is 703 g/mol. The number of carbonyl (C=O) groups is 1. The molecule has 53 heavy (non-hydrogen) atoms. The summed E-state index contributed by atoms with van der Waals surface area (Å²) in [6.07, 6.45) is 13.3. The van der Waals surface area contributed by atoms with Crippen LogP contribution in [0, 0.1) is 13.8 Å². The number of carbonyl (C=O) groups excluding carboxylic acids is 1. The molecule has 7 rings (SSSR count). The Bertz CT molecular complexity index is 2340. The van der Waals surface area contributed by atoms with Crippen molar-refractivity contribution in [3.63, 3.8) is 0 Å². The van der Waals surface area contributed by atoms with Crippen LogP contribution in [0.2, 0.25) is 0 Å². The van der Waals surface area contributed by atoms with Crippen LogP contribution in [-0.4, -0.2) is 34.5 Å². The molecule has 5 nitrogen and oxygen atoms in total. The zero-order valence-corrected chi connectivity index (χ0v) is 32.4. The second-order valence-electron chi connectivity index (χ2n) is 15.6. The minimum Gasteiger partial charge on any atom is -0.507 e. The van der Waals surface area contributed by atoms with Crippen LogP contribution < -0.4 is 4.90 Å². The number of phenols is 1. The Morgan fingerprint density at radius 3 is 2.25 bits per heavy atom. The van der Waals surface area contributed by atoms with Gasteiger partial charge in [-0.05, 0) is 124 Å². The fraction of sp³-hybridized carbons (Fsp3) is 0.292. The van der Waals surface area contributed by atoms with E-state index in [9.17, 15) is 9.90 Å². The molecule has 0 unspecified atom stereocenters. The van der Waals surface area contributed by atoms with Crippen LogP contribution in [0.4, 0.5) is 11.4 Å². The number of anilines is 1. The lowest BCUT2D eigenvalue weighted by molar-refractivity contribution is -0.433.